The van der Waals surface area contributed by atoms with Crippen molar-refractivity contribution in [3.63, 3.8) is 0 Å². The molecule has 1 aliphatic heterocycles. The second-order valence-electron chi connectivity index (χ2n) is 5.59. The minimum Gasteiger partial charge on any atom is -0.331 e. The van der Waals surface area contributed by atoms with E-state index in [4.69, 9.17) is 5.73 Å². The van der Waals surface area contributed by atoms with E-state index in [1.807, 2.05) is 20.8 Å². The number of Topliss-reactive ketones (excluding diaryl/α,β-unsaturated/α-hetero) is 1. The number of rotatable bonds is 2. The number of hydrogen-bond acceptors (Lipinski definition) is 3. The molecule has 0 aromatic rings. The van der Waals surface area contributed by atoms with Crippen molar-refractivity contribution in [3.05, 3.63) is 0 Å². The summed E-state index contributed by atoms with van der Waals surface area (Å²) in [5, 5.41) is 0. The van der Waals surface area contributed by atoms with Gasteiger partial charge in [-0.25, -0.2) is 0 Å². The highest BCUT2D eigenvalue weighted by atomic mass is 16.2. The summed E-state index contributed by atoms with van der Waals surface area (Å²) in [5.41, 5.74) is 5.19. The predicted octanol–water partition coefficient (Wildman–Crippen LogP) is 0.940. The first kappa shape index (κ1) is 13.2. The molecule has 1 rings (SSSR count). The van der Waals surface area contributed by atoms with Crippen molar-refractivity contribution >= 4 is 11.7 Å². The molecule has 1 fully saturated rings. The Morgan fingerprint density at radius 3 is 2.38 bits per heavy atom. The summed E-state index contributed by atoms with van der Waals surface area (Å²) in [6.45, 7) is 8.00. The SMILES string of the molecule is CC(N)C(=O)N1CCCC1C(=O)C(C)(C)C. The van der Waals surface area contributed by atoms with Crippen LogP contribution in [0.15, 0.2) is 0 Å². The number of ketones is 1. The lowest BCUT2D eigenvalue weighted by atomic mass is 9.85. The molecule has 1 heterocycles. The van der Waals surface area contributed by atoms with E-state index in [0.717, 1.165) is 12.8 Å². The summed E-state index contributed by atoms with van der Waals surface area (Å²) in [4.78, 5) is 25.7. The van der Waals surface area contributed by atoms with Crippen LogP contribution in [0, 0.1) is 5.41 Å². The van der Waals surface area contributed by atoms with Gasteiger partial charge in [-0.15, -0.1) is 0 Å². The van der Waals surface area contributed by atoms with Crippen LogP contribution >= 0.6 is 0 Å². The first-order valence-electron chi connectivity index (χ1n) is 5.85. The lowest BCUT2D eigenvalue weighted by Crippen LogP contribution is -2.49. The van der Waals surface area contributed by atoms with Gasteiger partial charge < -0.3 is 10.6 Å². The third kappa shape index (κ3) is 2.61. The minimum atomic E-state index is -0.520. The van der Waals surface area contributed by atoms with Gasteiger partial charge >= 0.3 is 0 Å². The highest BCUT2D eigenvalue weighted by molar-refractivity contribution is 5.93. The zero-order valence-corrected chi connectivity index (χ0v) is 10.6. The van der Waals surface area contributed by atoms with Gasteiger partial charge in [-0.2, -0.15) is 0 Å². The number of carbonyl (C=O) groups is 2. The van der Waals surface area contributed by atoms with Gasteiger partial charge in [-0.3, -0.25) is 9.59 Å². The third-order valence-corrected chi connectivity index (χ3v) is 2.97. The standard InChI is InChI=1S/C12H22N2O2/c1-8(13)11(16)14-7-5-6-9(14)10(15)12(2,3)4/h8-9H,5-7,13H2,1-4H3. The molecular formula is C12H22N2O2. The van der Waals surface area contributed by atoms with Gasteiger partial charge in [0, 0.05) is 12.0 Å². The molecule has 2 unspecified atom stereocenters. The van der Waals surface area contributed by atoms with Gasteiger partial charge in [-0.05, 0) is 19.8 Å². The average molecular weight is 226 g/mol. The normalized spacial score (nSPS) is 23.3. The number of carbonyl (C=O) groups excluding carboxylic acids is 2. The molecule has 0 aromatic carbocycles. The Hall–Kier alpha value is -0.900. The molecule has 2 N–H and O–H groups in total. The van der Waals surface area contributed by atoms with E-state index in [1.165, 1.54) is 0 Å². The van der Waals surface area contributed by atoms with Crippen molar-refractivity contribution in [1.29, 1.82) is 0 Å². The van der Waals surface area contributed by atoms with Gasteiger partial charge in [-0.1, -0.05) is 20.8 Å². The van der Waals surface area contributed by atoms with E-state index < -0.39 is 11.5 Å². The van der Waals surface area contributed by atoms with Crippen LogP contribution in [-0.4, -0.2) is 35.2 Å². The summed E-state index contributed by atoms with van der Waals surface area (Å²) >= 11 is 0. The Morgan fingerprint density at radius 2 is 1.94 bits per heavy atom. The maximum absolute atomic E-state index is 12.2. The average Bonchev–Trinajstić information content (AvgIpc) is 2.61. The van der Waals surface area contributed by atoms with E-state index >= 15 is 0 Å². The quantitative estimate of drug-likeness (QED) is 0.762. The van der Waals surface area contributed by atoms with Gasteiger partial charge in [0.25, 0.3) is 0 Å². The topological polar surface area (TPSA) is 63.4 Å². The molecule has 2 atom stereocenters. The molecule has 0 aromatic heterocycles. The molecule has 92 valence electrons. The predicted molar refractivity (Wildman–Crippen MR) is 62.8 cm³/mol. The van der Waals surface area contributed by atoms with Crippen LogP contribution in [0.3, 0.4) is 0 Å². The molecule has 16 heavy (non-hydrogen) atoms. The Balaban J connectivity index is 2.81. The van der Waals surface area contributed by atoms with Crippen LogP contribution in [0.4, 0.5) is 0 Å². The van der Waals surface area contributed by atoms with Crippen LogP contribution < -0.4 is 5.73 Å². The molecule has 0 aliphatic carbocycles. The molecule has 0 bridgehead atoms. The van der Waals surface area contributed by atoms with Crippen LogP contribution in [0.1, 0.15) is 40.5 Å². The molecule has 1 amide bonds. The van der Waals surface area contributed by atoms with Gasteiger partial charge in [0.15, 0.2) is 5.78 Å². The molecule has 0 saturated carbocycles. The minimum absolute atomic E-state index is 0.111. The fourth-order valence-electron chi connectivity index (χ4n) is 2.06. The van der Waals surface area contributed by atoms with E-state index in [-0.39, 0.29) is 17.7 Å². The first-order chi connectivity index (χ1) is 7.25. The van der Waals surface area contributed by atoms with Crippen molar-refractivity contribution in [2.24, 2.45) is 11.1 Å². The van der Waals surface area contributed by atoms with Crippen molar-refractivity contribution in [2.75, 3.05) is 6.54 Å². The number of nitrogens with zero attached hydrogens (tertiary/aromatic N) is 1. The highest BCUT2D eigenvalue weighted by Crippen LogP contribution is 2.26. The van der Waals surface area contributed by atoms with E-state index in [2.05, 4.69) is 0 Å². The van der Waals surface area contributed by atoms with Crippen LogP contribution in [0.5, 0.6) is 0 Å². The van der Waals surface area contributed by atoms with E-state index in [0.29, 0.717) is 6.54 Å². The molecule has 0 radical (unpaired) electrons. The Bertz CT molecular complexity index is 292. The van der Waals surface area contributed by atoms with Crippen molar-refractivity contribution < 1.29 is 9.59 Å². The molecule has 4 heteroatoms. The molecule has 4 nitrogen and oxygen atoms in total. The monoisotopic (exact) mass is 226 g/mol. The van der Waals surface area contributed by atoms with Crippen molar-refractivity contribution in [2.45, 2.75) is 52.6 Å². The summed E-state index contributed by atoms with van der Waals surface area (Å²) in [7, 11) is 0. The smallest absolute Gasteiger partial charge is 0.239 e. The number of nitrogens with two attached hydrogens (primary N) is 1. The molecular weight excluding hydrogens is 204 g/mol. The Labute approximate surface area is 97.2 Å². The van der Waals surface area contributed by atoms with Crippen molar-refractivity contribution in [3.8, 4) is 0 Å². The zero-order chi connectivity index (χ0) is 12.5. The van der Waals surface area contributed by atoms with Gasteiger partial charge in [0.2, 0.25) is 5.91 Å². The Kier molecular flexibility index (Phi) is 3.73. The van der Waals surface area contributed by atoms with Crippen LogP contribution in [0.25, 0.3) is 0 Å². The number of amides is 1. The zero-order valence-electron chi connectivity index (χ0n) is 10.6. The molecule has 1 aliphatic rings. The number of hydrogen-bond donors (Lipinski definition) is 1. The Morgan fingerprint density at radius 1 is 1.38 bits per heavy atom. The van der Waals surface area contributed by atoms with E-state index in [1.54, 1.807) is 11.8 Å². The molecule has 1 saturated heterocycles. The van der Waals surface area contributed by atoms with Crippen molar-refractivity contribution in [1.82, 2.24) is 4.90 Å². The third-order valence-electron chi connectivity index (χ3n) is 2.97. The summed E-state index contributed by atoms with van der Waals surface area (Å²) in [5.74, 6) is 0.0269. The lowest BCUT2D eigenvalue weighted by molar-refractivity contribution is -0.141. The lowest BCUT2D eigenvalue weighted by Gasteiger charge is -2.30. The summed E-state index contributed by atoms with van der Waals surface area (Å²) < 4.78 is 0. The second-order valence-corrected chi connectivity index (χ2v) is 5.59. The van der Waals surface area contributed by atoms with Crippen LogP contribution in [0.2, 0.25) is 0 Å². The first-order valence-corrected chi connectivity index (χ1v) is 5.85. The summed E-state index contributed by atoms with van der Waals surface area (Å²) in [6, 6.07) is -0.785. The second kappa shape index (κ2) is 4.53. The highest BCUT2D eigenvalue weighted by Gasteiger charge is 2.39. The number of likely N-dealkylation sites (tertiary alicyclic amines) is 1. The fraction of sp³-hybridized carbons (Fsp3) is 0.833. The maximum Gasteiger partial charge on any atom is 0.239 e. The maximum atomic E-state index is 12.2. The van der Waals surface area contributed by atoms with Gasteiger partial charge in [0.1, 0.15) is 0 Å². The molecule has 0 spiro atoms. The largest absolute Gasteiger partial charge is 0.331 e. The van der Waals surface area contributed by atoms with Crippen LogP contribution in [-0.2, 0) is 9.59 Å². The van der Waals surface area contributed by atoms with Gasteiger partial charge in [0.05, 0.1) is 12.1 Å². The van der Waals surface area contributed by atoms with E-state index in [9.17, 15) is 9.59 Å². The summed E-state index contributed by atoms with van der Waals surface area (Å²) in [6.07, 6.45) is 1.67. The fourth-order valence-corrected chi connectivity index (χ4v) is 2.06.